The lowest BCUT2D eigenvalue weighted by Gasteiger charge is -2.31. The number of amides is 2. The normalized spacial score (nSPS) is 20.9. The Labute approximate surface area is 149 Å². The van der Waals surface area contributed by atoms with Gasteiger partial charge < -0.3 is 15.0 Å². The van der Waals surface area contributed by atoms with Gasteiger partial charge in [-0.2, -0.15) is 0 Å². The largest absolute Gasteiger partial charge is 0.378 e. The summed E-state index contributed by atoms with van der Waals surface area (Å²) in [5, 5.41) is 2.94. The molecule has 0 radical (unpaired) electrons. The molecule has 2 aliphatic heterocycles. The Balaban J connectivity index is 1.68. The molecule has 25 heavy (non-hydrogen) atoms. The van der Waals surface area contributed by atoms with Crippen molar-refractivity contribution < 1.29 is 14.3 Å². The maximum absolute atomic E-state index is 13.0. The Bertz CT molecular complexity index is 581. The Morgan fingerprint density at radius 1 is 1.04 bits per heavy atom. The second-order valence-corrected chi connectivity index (χ2v) is 6.72. The molecule has 0 unspecified atom stereocenters. The molecule has 2 amide bonds. The second-order valence-electron chi connectivity index (χ2n) is 6.72. The van der Waals surface area contributed by atoms with Crippen LogP contribution in [0.4, 0.5) is 0 Å². The van der Waals surface area contributed by atoms with E-state index in [1.54, 1.807) is 11.8 Å². The van der Waals surface area contributed by atoms with Crippen molar-refractivity contribution in [1.82, 2.24) is 15.1 Å². The predicted octanol–water partition coefficient (Wildman–Crippen LogP) is 1.19. The van der Waals surface area contributed by atoms with E-state index < -0.39 is 6.04 Å². The maximum Gasteiger partial charge on any atom is 0.245 e. The highest BCUT2D eigenvalue weighted by atomic mass is 16.5. The lowest BCUT2D eigenvalue weighted by molar-refractivity contribution is -0.140. The van der Waals surface area contributed by atoms with Gasteiger partial charge in [0.25, 0.3) is 0 Å². The third-order valence-corrected chi connectivity index (χ3v) is 4.92. The van der Waals surface area contributed by atoms with E-state index in [9.17, 15) is 9.59 Å². The zero-order chi connectivity index (χ0) is 17.6. The van der Waals surface area contributed by atoms with Gasteiger partial charge in [0.05, 0.1) is 13.2 Å². The van der Waals surface area contributed by atoms with Gasteiger partial charge in [-0.3, -0.25) is 14.5 Å². The van der Waals surface area contributed by atoms with E-state index >= 15 is 0 Å². The molecule has 0 spiro atoms. The van der Waals surface area contributed by atoms with Crippen molar-refractivity contribution in [3.63, 3.8) is 0 Å². The van der Waals surface area contributed by atoms with Crippen LogP contribution in [-0.2, 0) is 14.3 Å². The molecular formula is C19H27N3O3. The van der Waals surface area contributed by atoms with E-state index in [2.05, 4.69) is 10.2 Å². The number of rotatable bonds is 5. The molecule has 1 aromatic rings. The summed E-state index contributed by atoms with van der Waals surface area (Å²) in [6, 6.07) is 8.96. The monoisotopic (exact) mass is 345 g/mol. The Hall–Kier alpha value is -1.92. The van der Waals surface area contributed by atoms with Gasteiger partial charge in [0.2, 0.25) is 11.8 Å². The fraction of sp³-hybridized carbons (Fsp3) is 0.579. The van der Waals surface area contributed by atoms with Gasteiger partial charge in [-0.1, -0.05) is 30.3 Å². The lowest BCUT2D eigenvalue weighted by atomic mass is 10.0. The second kappa shape index (κ2) is 8.45. The Kier molecular flexibility index (Phi) is 6.04. The first-order valence-corrected chi connectivity index (χ1v) is 9.13. The summed E-state index contributed by atoms with van der Waals surface area (Å²) in [6.45, 7) is 5.90. The predicted molar refractivity (Wildman–Crippen MR) is 95.0 cm³/mol. The molecule has 136 valence electrons. The molecular weight excluding hydrogens is 318 g/mol. The van der Waals surface area contributed by atoms with Gasteiger partial charge in [-0.05, 0) is 38.4 Å². The van der Waals surface area contributed by atoms with E-state index in [0.717, 1.165) is 31.5 Å². The molecule has 6 heteroatoms. The molecule has 2 atom stereocenters. The molecule has 0 saturated carbocycles. The van der Waals surface area contributed by atoms with Gasteiger partial charge in [0.1, 0.15) is 12.1 Å². The molecule has 1 N–H and O–H groups in total. The zero-order valence-electron chi connectivity index (χ0n) is 14.8. The van der Waals surface area contributed by atoms with Crippen LogP contribution in [0.2, 0.25) is 0 Å². The zero-order valence-corrected chi connectivity index (χ0v) is 14.8. The van der Waals surface area contributed by atoms with Crippen LogP contribution < -0.4 is 5.32 Å². The number of nitrogens with zero attached hydrogens (tertiary/aromatic N) is 2. The van der Waals surface area contributed by atoms with Crippen molar-refractivity contribution in [3.05, 3.63) is 35.9 Å². The number of benzene rings is 1. The third-order valence-electron chi connectivity index (χ3n) is 4.92. The lowest BCUT2D eigenvalue weighted by Crippen LogP contribution is -2.52. The number of carbonyl (C=O) groups is 2. The van der Waals surface area contributed by atoms with Gasteiger partial charge in [0.15, 0.2) is 0 Å². The average molecular weight is 345 g/mol. The summed E-state index contributed by atoms with van der Waals surface area (Å²) in [4.78, 5) is 29.5. The van der Waals surface area contributed by atoms with Crippen LogP contribution in [0.25, 0.3) is 0 Å². The molecule has 0 bridgehead atoms. The first kappa shape index (κ1) is 17.9. The molecule has 0 aromatic heterocycles. The van der Waals surface area contributed by atoms with Crippen LogP contribution >= 0.6 is 0 Å². The minimum absolute atomic E-state index is 0.0371. The number of hydrogen-bond donors (Lipinski definition) is 1. The van der Waals surface area contributed by atoms with Crippen LogP contribution in [0.1, 0.15) is 31.4 Å². The van der Waals surface area contributed by atoms with E-state index in [4.69, 9.17) is 4.74 Å². The average Bonchev–Trinajstić information content (AvgIpc) is 3.17. The number of likely N-dealkylation sites (tertiary alicyclic amines) is 1. The number of hydrogen-bond acceptors (Lipinski definition) is 4. The Morgan fingerprint density at radius 3 is 2.32 bits per heavy atom. The Morgan fingerprint density at radius 2 is 1.68 bits per heavy atom. The fourth-order valence-electron chi connectivity index (χ4n) is 3.57. The molecule has 2 fully saturated rings. The summed E-state index contributed by atoms with van der Waals surface area (Å²) in [7, 11) is 0. The highest BCUT2D eigenvalue weighted by Gasteiger charge is 2.32. The van der Waals surface area contributed by atoms with Gasteiger partial charge in [-0.15, -0.1) is 0 Å². The number of morpholine rings is 1. The van der Waals surface area contributed by atoms with Crippen LogP contribution in [0.15, 0.2) is 30.3 Å². The molecule has 2 saturated heterocycles. The molecule has 6 nitrogen and oxygen atoms in total. The third kappa shape index (κ3) is 4.38. The van der Waals surface area contributed by atoms with Crippen LogP contribution in [0.5, 0.6) is 0 Å². The van der Waals surface area contributed by atoms with Gasteiger partial charge in [0, 0.05) is 13.1 Å². The SMILES string of the molecule is C[C@H](NC(=O)[C@@H](c1ccccc1)N1CCCC1)C(=O)N1CCOCC1. The summed E-state index contributed by atoms with van der Waals surface area (Å²) >= 11 is 0. The van der Waals surface area contributed by atoms with Gasteiger partial charge >= 0.3 is 0 Å². The summed E-state index contributed by atoms with van der Waals surface area (Å²) in [6.07, 6.45) is 2.22. The summed E-state index contributed by atoms with van der Waals surface area (Å²) in [5.74, 6) is -0.132. The fourth-order valence-corrected chi connectivity index (χ4v) is 3.57. The van der Waals surface area contributed by atoms with Crippen molar-refractivity contribution in [1.29, 1.82) is 0 Å². The van der Waals surface area contributed by atoms with E-state index in [1.165, 1.54) is 0 Å². The molecule has 2 heterocycles. The minimum atomic E-state index is -0.528. The van der Waals surface area contributed by atoms with Crippen molar-refractivity contribution in [2.45, 2.75) is 31.8 Å². The van der Waals surface area contributed by atoms with Crippen LogP contribution in [-0.4, -0.2) is 67.0 Å². The van der Waals surface area contributed by atoms with Crippen LogP contribution in [0, 0.1) is 0 Å². The maximum atomic E-state index is 13.0. The molecule has 2 aliphatic rings. The van der Waals surface area contributed by atoms with Crippen molar-refractivity contribution >= 4 is 11.8 Å². The van der Waals surface area contributed by atoms with Crippen molar-refractivity contribution in [3.8, 4) is 0 Å². The highest BCUT2D eigenvalue weighted by molar-refractivity contribution is 5.90. The topological polar surface area (TPSA) is 61.9 Å². The number of ether oxygens (including phenoxy) is 1. The van der Waals surface area contributed by atoms with E-state index in [0.29, 0.717) is 26.3 Å². The standard InChI is InChI=1S/C19H27N3O3/c1-15(19(24)22-11-13-25-14-12-22)20-18(23)17(21-9-5-6-10-21)16-7-3-2-4-8-16/h2-4,7-8,15,17H,5-6,9-14H2,1H3,(H,20,23)/t15-,17+/m0/s1. The number of carbonyl (C=O) groups excluding carboxylic acids is 2. The first-order chi connectivity index (χ1) is 12.2. The number of nitrogens with one attached hydrogen (secondary N) is 1. The summed E-state index contributed by atoms with van der Waals surface area (Å²) < 4.78 is 5.29. The quantitative estimate of drug-likeness (QED) is 0.871. The first-order valence-electron chi connectivity index (χ1n) is 9.13. The molecule has 0 aliphatic carbocycles. The smallest absolute Gasteiger partial charge is 0.245 e. The van der Waals surface area contributed by atoms with Crippen molar-refractivity contribution in [2.75, 3.05) is 39.4 Å². The molecule has 1 aromatic carbocycles. The minimum Gasteiger partial charge on any atom is -0.378 e. The van der Waals surface area contributed by atoms with E-state index in [-0.39, 0.29) is 17.9 Å². The molecule has 3 rings (SSSR count). The van der Waals surface area contributed by atoms with Crippen molar-refractivity contribution in [2.24, 2.45) is 0 Å². The van der Waals surface area contributed by atoms with Gasteiger partial charge in [-0.25, -0.2) is 0 Å². The summed E-state index contributed by atoms with van der Waals surface area (Å²) in [5.41, 5.74) is 0.980. The van der Waals surface area contributed by atoms with E-state index in [1.807, 2.05) is 30.3 Å². The van der Waals surface area contributed by atoms with Crippen LogP contribution in [0.3, 0.4) is 0 Å². The highest BCUT2D eigenvalue weighted by Crippen LogP contribution is 2.25.